The van der Waals surface area contributed by atoms with Crippen molar-refractivity contribution in [1.82, 2.24) is 9.88 Å². The van der Waals surface area contributed by atoms with E-state index >= 15 is 0 Å². The Morgan fingerprint density at radius 3 is 2.89 bits per heavy atom. The monoisotopic (exact) mass is 246 g/mol. The lowest BCUT2D eigenvalue weighted by Crippen LogP contribution is -2.31. The van der Waals surface area contributed by atoms with Crippen molar-refractivity contribution < 1.29 is 4.79 Å². The first kappa shape index (κ1) is 14.0. The maximum atomic E-state index is 12.2. The van der Waals surface area contributed by atoms with Crippen molar-refractivity contribution in [3.05, 3.63) is 23.5 Å². The highest BCUT2D eigenvalue weighted by atomic mass is 16.2. The Hall–Kier alpha value is -2.09. The Balaban J connectivity index is 2.93. The zero-order chi connectivity index (χ0) is 13.7. The van der Waals surface area contributed by atoms with E-state index < -0.39 is 0 Å². The van der Waals surface area contributed by atoms with Gasteiger partial charge < -0.3 is 10.2 Å². The highest BCUT2D eigenvalue weighted by Crippen LogP contribution is 2.17. The molecular formula is C13H18N4O. The quantitative estimate of drug-likeness (QED) is 0.877. The van der Waals surface area contributed by atoms with Gasteiger partial charge in [0.1, 0.15) is 0 Å². The van der Waals surface area contributed by atoms with E-state index in [-0.39, 0.29) is 11.8 Å². The van der Waals surface area contributed by atoms with Crippen LogP contribution in [-0.2, 0) is 0 Å². The third-order valence-electron chi connectivity index (χ3n) is 2.66. The van der Waals surface area contributed by atoms with Gasteiger partial charge in [-0.15, -0.1) is 0 Å². The molecule has 1 N–H and O–H groups in total. The maximum Gasteiger partial charge on any atom is 0.257 e. The van der Waals surface area contributed by atoms with Crippen LogP contribution in [0.1, 0.15) is 23.0 Å². The molecule has 1 atom stereocenters. The molecule has 1 heterocycles. The average molecular weight is 246 g/mol. The molecule has 0 spiro atoms. The number of carbonyl (C=O) groups is 1. The third-order valence-corrected chi connectivity index (χ3v) is 2.66. The van der Waals surface area contributed by atoms with Crippen LogP contribution in [0.15, 0.2) is 12.3 Å². The fraction of sp³-hybridized carbons (Fsp3) is 0.462. The number of aryl methyl sites for hydroxylation is 1. The highest BCUT2D eigenvalue weighted by Gasteiger charge is 2.17. The Morgan fingerprint density at radius 2 is 2.33 bits per heavy atom. The van der Waals surface area contributed by atoms with Gasteiger partial charge in [-0.25, -0.2) is 0 Å². The number of nitrogens with one attached hydrogen (secondary N) is 1. The third kappa shape index (κ3) is 3.20. The second-order valence-electron chi connectivity index (χ2n) is 4.34. The number of rotatable bonds is 4. The predicted molar refractivity (Wildman–Crippen MR) is 70.3 cm³/mol. The fourth-order valence-electron chi connectivity index (χ4n) is 1.68. The second kappa shape index (κ2) is 6.01. The van der Waals surface area contributed by atoms with Gasteiger partial charge in [0.15, 0.2) is 0 Å². The van der Waals surface area contributed by atoms with Crippen LogP contribution in [0, 0.1) is 24.2 Å². The molecule has 1 aromatic rings. The van der Waals surface area contributed by atoms with E-state index in [0.717, 1.165) is 11.4 Å². The van der Waals surface area contributed by atoms with Crippen LogP contribution in [-0.4, -0.2) is 36.4 Å². The van der Waals surface area contributed by atoms with Crippen LogP contribution < -0.4 is 5.32 Å². The van der Waals surface area contributed by atoms with E-state index in [1.165, 1.54) is 0 Å². The number of carbonyl (C=O) groups excluding carboxylic acids is 1. The van der Waals surface area contributed by atoms with Crippen LogP contribution in [0.4, 0.5) is 5.69 Å². The second-order valence-corrected chi connectivity index (χ2v) is 4.34. The molecular weight excluding hydrogens is 228 g/mol. The average Bonchev–Trinajstić information content (AvgIpc) is 2.37. The number of nitriles is 1. The summed E-state index contributed by atoms with van der Waals surface area (Å²) < 4.78 is 0. The van der Waals surface area contributed by atoms with Crippen molar-refractivity contribution in [2.75, 3.05) is 26.0 Å². The predicted octanol–water partition coefficient (Wildman–Crippen LogP) is 1.66. The van der Waals surface area contributed by atoms with E-state index in [2.05, 4.69) is 16.4 Å². The van der Waals surface area contributed by atoms with E-state index in [0.29, 0.717) is 12.1 Å². The van der Waals surface area contributed by atoms with Crippen molar-refractivity contribution in [3.8, 4) is 6.07 Å². The van der Waals surface area contributed by atoms with Crippen molar-refractivity contribution in [2.24, 2.45) is 5.92 Å². The minimum atomic E-state index is -0.185. The van der Waals surface area contributed by atoms with Crippen LogP contribution in [0.2, 0.25) is 0 Å². The van der Waals surface area contributed by atoms with Gasteiger partial charge in [-0.05, 0) is 19.9 Å². The summed E-state index contributed by atoms with van der Waals surface area (Å²) in [6.07, 6.45) is 1.57. The number of amides is 1. The highest BCUT2D eigenvalue weighted by molar-refractivity contribution is 5.99. The molecule has 0 radical (unpaired) electrons. The summed E-state index contributed by atoms with van der Waals surface area (Å²) >= 11 is 0. The molecule has 1 unspecified atom stereocenters. The van der Waals surface area contributed by atoms with Gasteiger partial charge in [-0.3, -0.25) is 9.78 Å². The molecule has 0 saturated carbocycles. The number of pyridine rings is 1. The molecule has 5 nitrogen and oxygen atoms in total. The Morgan fingerprint density at radius 1 is 1.67 bits per heavy atom. The number of hydrogen-bond acceptors (Lipinski definition) is 4. The lowest BCUT2D eigenvalue weighted by atomic mass is 10.1. The summed E-state index contributed by atoms with van der Waals surface area (Å²) in [6, 6.07) is 3.94. The van der Waals surface area contributed by atoms with Gasteiger partial charge >= 0.3 is 0 Å². The smallest absolute Gasteiger partial charge is 0.257 e. The molecule has 0 aliphatic carbocycles. The molecule has 0 fully saturated rings. The van der Waals surface area contributed by atoms with Crippen LogP contribution in [0.5, 0.6) is 0 Å². The van der Waals surface area contributed by atoms with Gasteiger partial charge in [0.25, 0.3) is 5.91 Å². The zero-order valence-corrected chi connectivity index (χ0v) is 11.2. The van der Waals surface area contributed by atoms with E-state index in [1.807, 2.05) is 13.0 Å². The van der Waals surface area contributed by atoms with E-state index in [9.17, 15) is 4.79 Å². The maximum absolute atomic E-state index is 12.2. The Kier molecular flexibility index (Phi) is 4.67. The molecule has 96 valence electrons. The number of aromatic nitrogens is 1. The molecule has 0 aromatic carbocycles. The van der Waals surface area contributed by atoms with Crippen LogP contribution >= 0.6 is 0 Å². The van der Waals surface area contributed by atoms with E-state index in [1.54, 1.807) is 32.1 Å². The van der Waals surface area contributed by atoms with Crippen molar-refractivity contribution in [1.29, 1.82) is 5.26 Å². The van der Waals surface area contributed by atoms with Gasteiger partial charge in [0, 0.05) is 32.5 Å². The first-order chi connectivity index (χ1) is 8.49. The molecule has 1 aromatic heterocycles. The lowest BCUT2D eigenvalue weighted by Gasteiger charge is -2.19. The fourth-order valence-corrected chi connectivity index (χ4v) is 1.68. The summed E-state index contributed by atoms with van der Waals surface area (Å²) in [7, 11) is 3.46. The summed E-state index contributed by atoms with van der Waals surface area (Å²) in [5.41, 5.74) is 2.13. The van der Waals surface area contributed by atoms with Gasteiger partial charge in [0.2, 0.25) is 0 Å². The Labute approximate surface area is 107 Å². The molecule has 0 bridgehead atoms. The SMILES string of the molecule is CNc1cc(C)ncc1C(=O)N(C)CC(C)C#N. The molecule has 0 aliphatic rings. The molecule has 5 heteroatoms. The van der Waals surface area contributed by atoms with Crippen LogP contribution in [0.25, 0.3) is 0 Å². The largest absolute Gasteiger partial charge is 0.387 e. The molecule has 18 heavy (non-hydrogen) atoms. The topological polar surface area (TPSA) is 69.0 Å². The summed E-state index contributed by atoms with van der Waals surface area (Å²) in [5, 5.41) is 11.7. The van der Waals surface area contributed by atoms with Crippen molar-refractivity contribution >= 4 is 11.6 Å². The lowest BCUT2D eigenvalue weighted by molar-refractivity contribution is 0.0785. The van der Waals surface area contributed by atoms with E-state index in [4.69, 9.17) is 5.26 Å². The molecule has 1 amide bonds. The molecule has 0 aliphatic heterocycles. The van der Waals surface area contributed by atoms with Gasteiger partial charge in [0.05, 0.1) is 23.2 Å². The standard InChI is InChI=1S/C13H18N4O/c1-9(6-14)8-17(4)13(18)11-7-16-10(2)5-12(11)15-3/h5,7,9H,8H2,1-4H3,(H,15,16). The van der Waals surface area contributed by atoms with Gasteiger partial charge in [-0.2, -0.15) is 5.26 Å². The minimum absolute atomic E-state index is 0.131. The van der Waals surface area contributed by atoms with Gasteiger partial charge in [-0.1, -0.05) is 0 Å². The number of nitrogens with zero attached hydrogens (tertiary/aromatic N) is 3. The molecule has 0 saturated heterocycles. The van der Waals surface area contributed by atoms with Crippen molar-refractivity contribution in [2.45, 2.75) is 13.8 Å². The van der Waals surface area contributed by atoms with Crippen molar-refractivity contribution in [3.63, 3.8) is 0 Å². The first-order valence-corrected chi connectivity index (χ1v) is 5.79. The summed E-state index contributed by atoms with van der Waals surface area (Å²) in [6.45, 7) is 4.07. The normalized spacial score (nSPS) is 11.5. The molecule has 1 rings (SSSR count). The zero-order valence-electron chi connectivity index (χ0n) is 11.2. The summed E-state index contributed by atoms with van der Waals surface area (Å²) in [4.78, 5) is 17.9. The minimum Gasteiger partial charge on any atom is -0.387 e. The first-order valence-electron chi connectivity index (χ1n) is 5.79. The Bertz CT molecular complexity index is 478. The van der Waals surface area contributed by atoms with Crippen LogP contribution in [0.3, 0.4) is 0 Å². The number of anilines is 1. The number of hydrogen-bond donors (Lipinski definition) is 1. The summed E-state index contributed by atoms with van der Waals surface area (Å²) in [5.74, 6) is -0.315.